The number of piperidine rings is 1. The number of benzene rings is 1. The van der Waals surface area contributed by atoms with Gasteiger partial charge in [0.1, 0.15) is 11.6 Å². The summed E-state index contributed by atoms with van der Waals surface area (Å²) < 4.78 is 5.24. The summed E-state index contributed by atoms with van der Waals surface area (Å²) in [5.74, 6) is 1.71. The number of aromatic nitrogens is 2. The second-order valence-electron chi connectivity index (χ2n) is 7.51. The van der Waals surface area contributed by atoms with Gasteiger partial charge in [-0.05, 0) is 67.9 Å². The first kappa shape index (κ1) is 20.0. The Labute approximate surface area is 176 Å². The highest BCUT2D eigenvalue weighted by atomic mass is 16.5. The first-order valence-electron chi connectivity index (χ1n) is 10.3. The summed E-state index contributed by atoms with van der Waals surface area (Å²) in [5, 5.41) is 2.87. The number of carbonyl (C=O) groups is 1. The number of anilines is 1. The maximum Gasteiger partial charge on any atom is 0.239 e. The van der Waals surface area contributed by atoms with Crippen LogP contribution < -0.4 is 10.1 Å². The van der Waals surface area contributed by atoms with Crippen molar-refractivity contribution in [3.8, 4) is 17.0 Å². The summed E-state index contributed by atoms with van der Waals surface area (Å²) in [6, 6.07) is 19.6. The molecule has 30 heavy (non-hydrogen) atoms. The number of likely N-dealkylation sites (tertiary alicyclic amines) is 1. The number of methoxy groups -OCH3 is 1. The molecule has 1 atom stereocenters. The quantitative estimate of drug-likeness (QED) is 0.676. The third kappa shape index (κ3) is 5.02. The molecule has 0 bridgehead atoms. The average Bonchev–Trinajstić information content (AvgIpc) is 2.80. The van der Waals surface area contributed by atoms with Gasteiger partial charge in [0.05, 0.1) is 19.3 Å². The molecular formula is C24H26N4O2. The topological polar surface area (TPSA) is 67.3 Å². The largest absolute Gasteiger partial charge is 0.497 e. The van der Waals surface area contributed by atoms with Crippen LogP contribution in [0.5, 0.6) is 5.75 Å². The minimum atomic E-state index is -0.0331. The van der Waals surface area contributed by atoms with Gasteiger partial charge in [0.2, 0.25) is 5.91 Å². The second kappa shape index (κ2) is 9.50. The molecular weight excluding hydrogens is 376 g/mol. The summed E-state index contributed by atoms with van der Waals surface area (Å²) in [7, 11) is 1.67. The lowest BCUT2D eigenvalue weighted by Crippen LogP contribution is -2.40. The Kier molecular flexibility index (Phi) is 6.35. The van der Waals surface area contributed by atoms with Gasteiger partial charge in [-0.3, -0.25) is 14.7 Å². The van der Waals surface area contributed by atoms with E-state index < -0.39 is 0 Å². The Balaban J connectivity index is 1.41. The van der Waals surface area contributed by atoms with Crippen LogP contribution in [0.2, 0.25) is 0 Å². The van der Waals surface area contributed by atoms with Crippen molar-refractivity contribution in [1.82, 2.24) is 14.9 Å². The van der Waals surface area contributed by atoms with Crippen LogP contribution in [0.1, 0.15) is 24.5 Å². The summed E-state index contributed by atoms with van der Waals surface area (Å²) in [6.07, 6.45) is 3.81. The smallest absolute Gasteiger partial charge is 0.239 e. The van der Waals surface area contributed by atoms with Crippen LogP contribution in [-0.2, 0) is 4.79 Å². The van der Waals surface area contributed by atoms with Crippen LogP contribution >= 0.6 is 0 Å². The molecule has 2 aromatic heterocycles. The number of hydrogen-bond acceptors (Lipinski definition) is 5. The van der Waals surface area contributed by atoms with Gasteiger partial charge in [0, 0.05) is 29.9 Å². The predicted octanol–water partition coefficient (Wildman–Crippen LogP) is 3.97. The number of nitrogens with zero attached hydrogens (tertiary/aromatic N) is 3. The molecule has 1 fully saturated rings. The molecule has 1 aliphatic heterocycles. The van der Waals surface area contributed by atoms with Gasteiger partial charge in [0.15, 0.2) is 0 Å². The van der Waals surface area contributed by atoms with Gasteiger partial charge < -0.3 is 10.1 Å². The fraction of sp³-hybridized carbons (Fsp3) is 0.292. The molecule has 1 saturated heterocycles. The van der Waals surface area contributed by atoms with Crippen LogP contribution in [0.15, 0.2) is 66.9 Å². The standard InChI is InChI=1S/C24H26N4O2/c1-30-20-12-10-18(11-13-20)21-7-4-8-22(26-21)19-6-5-15-28(16-19)17-24(29)27-23-9-2-3-14-25-23/h2-4,7-14,19H,5-6,15-17H2,1H3,(H,25,27,29). The zero-order valence-electron chi connectivity index (χ0n) is 17.1. The first-order chi connectivity index (χ1) is 14.7. The molecule has 3 heterocycles. The van der Waals surface area contributed by atoms with Crippen LogP contribution in [-0.4, -0.2) is 47.5 Å². The molecule has 1 aromatic carbocycles. The fourth-order valence-corrected chi connectivity index (χ4v) is 3.86. The van der Waals surface area contributed by atoms with Crippen molar-refractivity contribution < 1.29 is 9.53 Å². The van der Waals surface area contributed by atoms with E-state index in [-0.39, 0.29) is 5.91 Å². The number of ether oxygens (including phenoxy) is 1. The zero-order valence-corrected chi connectivity index (χ0v) is 17.1. The molecule has 1 amide bonds. The van der Waals surface area contributed by atoms with Gasteiger partial charge >= 0.3 is 0 Å². The number of carbonyl (C=O) groups excluding carboxylic acids is 1. The van der Waals surface area contributed by atoms with E-state index in [2.05, 4.69) is 27.3 Å². The van der Waals surface area contributed by atoms with E-state index in [9.17, 15) is 4.79 Å². The highest BCUT2D eigenvalue weighted by Gasteiger charge is 2.24. The number of rotatable bonds is 6. The molecule has 0 spiro atoms. The Hall–Kier alpha value is -3.25. The molecule has 1 N–H and O–H groups in total. The predicted molar refractivity (Wildman–Crippen MR) is 118 cm³/mol. The van der Waals surface area contributed by atoms with E-state index >= 15 is 0 Å². The number of nitrogens with one attached hydrogen (secondary N) is 1. The molecule has 4 rings (SSSR count). The van der Waals surface area contributed by atoms with Crippen molar-refractivity contribution in [3.05, 3.63) is 72.6 Å². The van der Waals surface area contributed by atoms with Crippen LogP contribution in [0.4, 0.5) is 5.82 Å². The third-order valence-electron chi connectivity index (χ3n) is 5.38. The molecule has 0 aliphatic carbocycles. The Morgan fingerprint density at radius 2 is 2.00 bits per heavy atom. The van der Waals surface area contributed by atoms with Gasteiger partial charge in [-0.1, -0.05) is 12.1 Å². The highest BCUT2D eigenvalue weighted by Crippen LogP contribution is 2.28. The van der Waals surface area contributed by atoms with E-state index in [1.807, 2.05) is 42.5 Å². The van der Waals surface area contributed by atoms with Crippen LogP contribution in [0, 0.1) is 0 Å². The number of pyridine rings is 2. The van der Waals surface area contributed by atoms with E-state index in [0.29, 0.717) is 18.3 Å². The molecule has 0 radical (unpaired) electrons. The van der Waals surface area contributed by atoms with Crippen LogP contribution in [0.3, 0.4) is 0 Å². The molecule has 1 aliphatic rings. The summed E-state index contributed by atoms with van der Waals surface area (Å²) in [5.41, 5.74) is 3.11. The van der Waals surface area contributed by atoms with Crippen LogP contribution in [0.25, 0.3) is 11.3 Å². The lowest BCUT2D eigenvalue weighted by Gasteiger charge is -2.32. The van der Waals surface area contributed by atoms with Gasteiger partial charge in [-0.15, -0.1) is 0 Å². The second-order valence-corrected chi connectivity index (χ2v) is 7.51. The minimum Gasteiger partial charge on any atom is -0.497 e. The highest BCUT2D eigenvalue weighted by molar-refractivity contribution is 5.91. The maximum absolute atomic E-state index is 12.4. The lowest BCUT2D eigenvalue weighted by molar-refractivity contribution is -0.117. The van der Waals surface area contributed by atoms with E-state index in [1.165, 1.54) is 0 Å². The summed E-state index contributed by atoms with van der Waals surface area (Å²) in [6.45, 7) is 2.12. The Morgan fingerprint density at radius 1 is 1.13 bits per heavy atom. The fourth-order valence-electron chi connectivity index (χ4n) is 3.86. The molecule has 6 heteroatoms. The monoisotopic (exact) mass is 402 g/mol. The Morgan fingerprint density at radius 3 is 2.77 bits per heavy atom. The number of amides is 1. The molecule has 3 aromatic rings. The number of hydrogen-bond donors (Lipinski definition) is 1. The molecule has 1 unspecified atom stereocenters. The summed E-state index contributed by atoms with van der Waals surface area (Å²) >= 11 is 0. The van der Waals surface area contributed by atoms with Crippen molar-refractivity contribution in [2.45, 2.75) is 18.8 Å². The van der Waals surface area contributed by atoms with Crippen molar-refractivity contribution in [2.24, 2.45) is 0 Å². The third-order valence-corrected chi connectivity index (χ3v) is 5.38. The minimum absolute atomic E-state index is 0.0331. The SMILES string of the molecule is COc1ccc(-c2cccc(C3CCCN(CC(=O)Nc4ccccn4)C3)n2)cc1. The van der Waals surface area contributed by atoms with Crippen molar-refractivity contribution in [3.63, 3.8) is 0 Å². The first-order valence-corrected chi connectivity index (χ1v) is 10.3. The lowest BCUT2D eigenvalue weighted by atomic mass is 9.94. The van der Waals surface area contributed by atoms with Gasteiger partial charge in [-0.2, -0.15) is 0 Å². The van der Waals surface area contributed by atoms with Crippen molar-refractivity contribution in [2.75, 3.05) is 32.1 Å². The maximum atomic E-state index is 12.4. The van der Waals surface area contributed by atoms with E-state index in [0.717, 1.165) is 48.6 Å². The Bertz CT molecular complexity index is 976. The van der Waals surface area contributed by atoms with Crippen molar-refractivity contribution in [1.29, 1.82) is 0 Å². The molecule has 154 valence electrons. The van der Waals surface area contributed by atoms with E-state index in [1.54, 1.807) is 19.4 Å². The van der Waals surface area contributed by atoms with E-state index in [4.69, 9.17) is 9.72 Å². The zero-order chi connectivity index (χ0) is 20.8. The normalized spacial score (nSPS) is 16.8. The average molecular weight is 402 g/mol. The van der Waals surface area contributed by atoms with Crippen molar-refractivity contribution >= 4 is 11.7 Å². The summed E-state index contributed by atoms with van der Waals surface area (Å²) in [4.78, 5) is 23.7. The molecule has 6 nitrogen and oxygen atoms in total. The van der Waals surface area contributed by atoms with Gasteiger partial charge in [-0.25, -0.2) is 4.98 Å². The molecule has 0 saturated carbocycles. The van der Waals surface area contributed by atoms with Gasteiger partial charge in [0.25, 0.3) is 0 Å².